The number of ether oxygens (including phenoxy) is 1. The van der Waals surface area contributed by atoms with Gasteiger partial charge in [0.2, 0.25) is 0 Å². The molecule has 2 unspecified atom stereocenters. The van der Waals surface area contributed by atoms with Crippen molar-refractivity contribution in [3.8, 4) is 11.3 Å². The Labute approximate surface area is 288 Å². The first-order chi connectivity index (χ1) is 23.0. The Kier molecular flexibility index (Phi) is 11.6. The predicted octanol–water partition coefficient (Wildman–Crippen LogP) is 6.46. The number of rotatable bonds is 14. The first-order valence-electron chi connectivity index (χ1n) is 17.6. The van der Waals surface area contributed by atoms with E-state index in [-0.39, 0.29) is 11.9 Å². The van der Waals surface area contributed by atoms with Crippen molar-refractivity contribution in [3.05, 3.63) is 70.8 Å². The molecule has 3 heterocycles. The molecule has 9 heteroatoms. The maximum absolute atomic E-state index is 14.5. The third-order valence-electron chi connectivity index (χ3n) is 9.93. The monoisotopic (exact) mass is 673 g/mol. The molecule has 0 bridgehead atoms. The minimum atomic E-state index is -2.73. The molecular weight excluding hydrogens is 619 g/mol. The maximum Gasteiger partial charge on any atom is 0.251 e. The number of methoxy groups -OCH3 is 1. The molecule has 5 rings (SSSR count). The van der Waals surface area contributed by atoms with Crippen LogP contribution in [0.3, 0.4) is 0 Å². The smallest absolute Gasteiger partial charge is 0.251 e. The molecule has 2 atom stereocenters. The second-order valence-corrected chi connectivity index (χ2v) is 15.7. The topological polar surface area (TPSA) is 78.8 Å². The second kappa shape index (κ2) is 15.5. The number of carbonyl (C=O) groups excluding carboxylic acids is 1. The number of aryl methyl sites for hydroxylation is 1. The zero-order chi connectivity index (χ0) is 34.6. The Hall–Kier alpha value is -3.37. The van der Waals surface area contributed by atoms with Crippen LogP contribution in [-0.4, -0.2) is 83.2 Å². The van der Waals surface area contributed by atoms with Gasteiger partial charge in [-0.1, -0.05) is 70.5 Å². The van der Waals surface area contributed by atoms with Crippen molar-refractivity contribution in [1.29, 1.82) is 0 Å². The molecule has 2 N–H and O–H groups in total. The normalized spacial score (nSPS) is 17.5. The van der Waals surface area contributed by atoms with Gasteiger partial charge in [0, 0.05) is 86.8 Å². The van der Waals surface area contributed by atoms with Crippen LogP contribution >= 0.6 is 0 Å². The van der Waals surface area contributed by atoms with Crippen LogP contribution in [0.15, 0.2) is 48.6 Å². The van der Waals surface area contributed by atoms with Gasteiger partial charge in [0.25, 0.3) is 5.91 Å². The van der Waals surface area contributed by atoms with Crippen LogP contribution in [0.5, 0.6) is 0 Å². The van der Waals surface area contributed by atoms with Crippen molar-refractivity contribution >= 4 is 44.3 Å². The van der Waals surface area contributed by atoms with Gasteiger partial charge >= 0.3 is 0 Å². The highest BCUT2D eigenvalue weighted by Gasteiger charge is 2.31. The molecular formula is C39H55N5O3S. The Bertz CT molecular complexity index is 1780. The van der Waals surface area contributed by atoms with Crippen molar-refractivity contribution in [2.24, 2.45) is 0 Å². The van der Waals surface area contributed by atoms with E-state index in [2.05, 4.69) is 90.3 Å². The van der Waals surface area contributed by atoms with E-state index in [1.54, 1.807) is 25.5 Å². The molecule has 1 fully saturated rings. The van der Waals surface area contributed by atoms with E-state index in [0.717, 1.165) is 67.3 Å². The summed E-state index contributed by atoms with van der Waals surface area (Å²) in [6, 6.07) is 13.4. The summed E-state index contributed by atoms with van der Waals surface area (Å²) >= 11 is 0. The molecule has 2 aliphatic heterocycles. The maximum atomic E-state index is 14.5. The Balaban J connectivity index is 1.71. The predicted molar refractivity (Wildman–Crippen MR) is 203 cm³/mol. The number of hydrogen-bond donors (Lipinski definition) is 2. The lowest BCUT2D eigenvalue weighted by molar-refractivity contribution is -0.128. The van der Waals surface area contributed by atoms with Gasteiger partial charge in [-0.15, -0.1) is 0 Å². The minimum absolute atomic E-state index is 0.0895. The summed E-state index contributed by atoms with van der Waals surface area (Å²) in [5.41, 5.74) is 9.35. The highest BCUT2D eigenvalue weighted by atomic mass is 32.2. The Morgan fingerprint density at radius 2 is 1.90 bits per heavy atom. The van der Waals surface area contributed by atoms with Crippen LogP contribution in [0.1, 0.15) is 81.0 Å². The molecule has 2 aliphatic rings. The first-order valence-corrected chi connectivity index (χ1v) is 19.2. The van der Waals surface area contributed by atoms with Gasteiger partial charge in [-0.05, 0) is 66.3 Å². The highest BCUT2D eigenvalue weighted by Crippen LogP contribution is 2.45. The van der Waals surface area contributed by atoms with E-state index >= 15 is 0 Å². The van der Waals surface area contributed by atoms with Crippen LogP contribution < -0.4 is 10.0 Å². The van der Waals surface area contributed by atoms with Gasteiger partial charge in [0.05, 0.1) is 12.2 Å². The van der Waals surface area contributed by atoms with Gasteiger partial charge in [-0.25, -0.2) is 8.51 Å². The van der Waals surface area contributed by atoms with E-state index in [9.17, 15) is 9.00 Å². The molecule has 0 radical (unpaired) electrons. The van der Waals surface area contributed by atoms with E-state index in [0.29, 0.717) is 37.9 Å². The molecule has 3 aromatic rings. The summed E-state index contributed by atoms with van der Waals surface area (Å²) in [5, 5.41) is 4.77. The fraction of sp³-hybridized carbons (Fsp3) is 0.487. The second-order valence-electron chi connectivity index (χ2n) is 13.5. The summed E-state index contributed by atoms with van der Waals surface area (Å²) in [4.78, 5) is 16.5. The number of benzene rings is 2. The SMILES string of the molecule is C=C(NS(=C)(=O)N(C)C)c1ccc2c(C(CCC)CCC)c3n(c2c1)CC(C(=O)N1CCNC(CCOC)C1)=Cc1cc(CC)ccc1-3. The van der Waals surface area contributed by atoms with Crippen LogP contribution in [0.25, 0.3) is 33.9 Å². The standard InChI is InChI=1S/C39H55N5O3S/c1-9-12-29(13-10-2)37-35-17-15-30(27(4)41-48(8,46)42(5)6)24-36(35)44-25-32(23-31-22-28(11-3)14-16-34(31)38(37)44)39(45)43-20-19-40-33(26-43)18-21-47-7/h14-17,22-24,29,33,40H,4,8-13,18-21,25-26H2,1-3,5-7H3,(H,41,46). The van der Waals surface area contributed by atoms with Crippen LogP contribution in [0.2, 0.25) is 0 Å². The number of aromatic nitrogens is 1. The average Bonchev–Trinajstić information content (AvgIpc) is 3.28. The molecule has 1 aromatic heterocycles. The summed E-state index contributed by atoms with van der Waals surface area (Å²) < 4.78 is 25.5. The molecule has 8 nitrogen and oxygen atoms in total. The summed E-state index contributed by atoms with van der Waals surface area (Å²) in [6.07, 6.45) is 8.31. The number of nitrogens with zero attached hydrogens (tertiary/aromatic N) is 3. The minimum Gasteiger partial charge on any atom is -0.385 e. The van der Waals surface area contributed by atoms with Crippen LogP contribution in [-0.2, 0) is 32.4 Å². The third kappa shape index (κ3) is 7.44. The quantitative estimate of drug-likeness (QED) is 0.193. The molecule has 48 heavy (non-hydrogen) atoms. The lowest BCUT2D eigenvalue weighted by Gasteiger charge is -2.34. The van der Waals surface area contributed by atoms with E-state index in [1.807, 2.05) is 4.90 Å². The third-order valence-corrected chi connectivity index (χ3v) is 11.7. The van der Waals surface area contributed by atoms with Gasteiger partial charge < -0.3 is 24.2 Å². The van der Waals surface area contributed by atoms with Crippen molar-refractivity contribution < 1.29 is 13.7 Å². The first kappa shape index (κ1) is 35.9. The summed E-state index contributed by atoms with van der Waals surface area (Å²) in [6.45, 7) is 14.2. The number of fused-ring (bicyclic) bond motifs is 5. The molecule has 2 aromatic carbocycles. The van der Waals surface area contributed by atoms with E-state index in [1.165, 1.54) is 27.8 Å². The van der Waals surface area contributed by atoms with Gasteiger partial charge in [-0.2, -0.15) is 0 Å². The Morgan fingerprint density at radius 1 is 1.15 bits per heavy atom. The summed E-state index contributed by atoms with van der Waals surface area (Å²) in [5.74, 6) is 4.37. The summed E-state index contributed by atoms with van der Waals surface area (Å²) in [7, 11) is 2.47. The number of piperazine rings is 1. The highest BCUT2D eigenvalue weighted by molar-refractivity contribution is 7.96. The largest absolute Gasteiger partial charge is 0.385 e. The molecule has 0 saturated carbocycles. The van der Waals surface area contributed by atoms with Gasteiger partial charge in [0.1, 0.15) is 9.89 Å². The number of nitrogens with one attached hydrogen (secondary N) is 2. The average molecular weight is 674 g/mol. The number of amides is 1. The van der Waals surface area contributed by atoms with E-state index < -0.39 is 9.89 Å². The lowest BCUT2D eigenvalue weighted by atomic mass is 9.85. The van der Waals surface area contributed by atoms with Crippen molar-refractivity contribution in [2.45, 2.75) is 77.8 Å². The Morgan fingerprint density at radius 3 is 2.56 bits per heavy atom. The number of hydrogen-bond acceptors (Lipinski definition) is 4. The fourth-order valence-electron chi connectivity index (χ4n) is 7.27. The molecule has 0 aliphatic carbocycles. The molecule has 1 saturated heterocycles. The zero-order valence-electron chi connectivity index (χ0n) is 29.9. The zero-order valence-corrected chi connectivity index (χ0v) is 30.7. The van der Waals surface area contributed by atoms with E-state index in [4.69, 9.17) is 4.74 Å². The van der Waals surface area contributed by atoms with Crippen LogP contribution in [0, 0.1) is 0 Å². The fourth-order valence-corrected chi connectivity index (χ4v) is 7.96. The van der Waals surface area contributed by atoms with Crippen molar-refractivity contribution in [2.75, 3.05) is 47.4 Å². The molecule has 0 spiro atoms. The van der Waals surface area contributed by atoms with Gasteiger partial charge in [-0.3, -0.25) is 4.79 Å². The van der Waals surface area contributed by atoms with Crippen molar-refractivity contribution in [1.82, 2.24) is 23.8 Å². The lowest BCUT2D eigenvalue weighted by Crippen LogP contribution is -2.53. The van der Waals surface area contributed by atoms with Crippen LogP contribution in [0.4, 0.5) is 0 Å². The number of carbonyl (C=O) groups is 1. The molecule has 260 valence electrons. The van der Waals surface area contributed by atoms with Gasteiger partial charge in [0.15, 0.2) is 0 Å². The van der Waals surface area contributed by atoms with Crippen molar-refractivity contribution in [3.63, 3.8) is 0 Å². The molecule has 1 amide bonds.